The summed E-state index contributed by atoms with van der Waals surface area (Å²) in [4.78, 5) is 0. The molecule has 0 aliphatic carbocycles. The first-order valence-electron chi connectivity index (χ1n) is 11.4. The lowest BCUT2D eigenvalue weighted by atomic mass is 9.93. The molecule has 3 rings (SSSR count). The molecule has 0 radical (unpaired) electrons. The van der Waals surface area contributed by atoms with Crippen LogP contribution in [0, 0.1) is 17.6 Å². The van der Waals surface area contributed by atoms with Crippen molar-refractivity contribution in [3.05, 3.63) is 53.6 Å². The molecular weight excluding hydrogens is 401 g/mol. The van der Waals surface area contributed by atoms with E-state index < -0.39 is 20.4 Å². The summed E-state index contributed by atoms with van der Waals surface area (Å²) in [5.74, 6) is -1.04. The number of rotatable bonds is 10. The minimum absolute atomic E-state index is 0.0458. The molecule has 5 heteroatoms. The van der Waals surface area contributed by atoms with E-state index in [2.05, 4.69) is 0 Å². The highest BCUT2D eigenvalue weighted by Gasteiger charge is 2.21. The van der Waals surface area contributed by atoms with Gasteiger partial charge in [-0.05, 0) is 55.4 Å². The molecule has 0 atom stereocenters. The predicted molar refractivity (Wildman–Crippen MR) is 121 cm³/mol. The monoisotopic (exact) mass is 434 g/mol. The highest BCUT2D eigenvalue weighted by molar-refractivity contribution is 6.58. The number of ether oxygens (including phenoxy) is 1. The van der Waals surface area contributed by atoms with Crippen LogP contribution in [0.2, 0.25) is 18.1 Å². The van der Waals surface area contributed by atoms with Crippen LogP contribution in [0.4, 0.5) is 13.2 Å². The van der Waals surface area contributed by atoms with E-state index in [-0.39, 0.29) is 18.0 Å². The fraction of sp³-hybridized carbons (Fsp3) is 0.520. The van der Waals surface area contributed by atoms with Crippen LogP contribution in [0.1, 0.15) is 44.6 Å². The smallest absolute Gasteiger partial charge is 0.201 e. The zero-order chi connectivity index (χ0) is 21.3. The van der Waals surface area contributed by atoms with Crippen molar-refractivity contribution >= 4 is 8.80 Å². The van der Waals surface area contributed by atoms with Gasteiger partial charge in [0.05, 0.1) is 13.3 Å². The SMILES string of the molecule is CCOc1ccc(-c2ccc(CCC3CC[SiH](CCCCF)CC3)cc2)c(F)c1F. The van der Waals surface area contributed by atoms with Crippen molar-refractivity contribution < 1.29 is 17.9 Å². The van der Waals surface area contributed by atoms with Gasteiger partial charge in [0.15, 0.2) is 11.6 Å². The largest absolute Gasteiger partial charge is 0.491 e. The van der Waals surface area contributed by atoms with E-state index in [1.807, 2.05) is 24.3 Å². The molecule has 0 bridgehead atoms. The zero-order valence-electron chi connectivity index (χ0n) is 17.9. The normalized spacial score (nSPS) is 19.1. The van der Waals surface area contributed by atoms with E-state index in [0.717, 1.165) is 25.2 Å². The number of unbranched alkanes of at least 4 members (excludes halogenated alkanes) is 1. The Morgan fingerprint density at radius 2 is 1.70 bits per heavy atom. The molecule has 2 aromatic rings. The summed E-state index contributed by atoms with van der Waals surface area (Å²) in [5.41, 5.74) is 2.18. The first-order valence-corrected chi connectivity index (χ1v) is 13.8. The van der Waals surface area contributed by atoms with Crippen molar-refractivity contribution in [2.24, 2.45) is 5.92 Å². The average molecular weight is 435 g/mol. The zero-order valence-corrected chi connectivity index (χ0v) is 19.1. The van der Waals surface area contributed by atoms with Crippen LogP contribution in [0.15, 0.2) is 36.4 Å². The molecule has 0 aromatic heterocycles. The number of halogens is 3. The van der Waals surface area contributed by atoms with Gasteiger partial charge in [-0.25, -0.2) is 4.39 Å². The topological polar surface area (TPSA) is 9.23 Å². The summed E-state index contributed by atoms with van der Waals surface area (Å²) in [6, 6.07) is 15.0. The van der Waals surface area contributed by atoms with Gasteiger partial charge in [0.1, 0.15) is 0 Å². The molecule has 0 spiro atoms. The number of hydrogen-bond donors (Lipinski definition) is 0. The van der Waals surface area contributed by atoms with E-state index in [9.17, 15) is 13.2 Å². The lowest BCUT2D eigenvalue weighted by molar-refractivity contribution is 0.314. The third-order valence-corrected chi connectivity index (χ3v) is 9.94. The number of aryl methyl sites for hydroxylation is 1. The molecule has 0 amide bonds. The molecule has 1 saturated heterocycles. The van der Waals surface area contributed by atoms with E-state index in [4.69, 9.17) is 4.74 Å². The molecule has 0 unspecified atom stereocenters. The summed E-state index contributed by atoms with van der Waals surface area (Å²) >= 11 is 0. The minimum Gasteiger partial charge on any atom is -0.491 e. The molecule has 1 aliphatic heterocycles. The maximum atomic E-state index is 14.4. The van der Waals surface area contributed by atoms with Crippen LogP contribution in [-0.2, 0) is 6.42 Å². The van der Waals surface area contributed by atoms with Crippen molar-refractivity contribution in [1.29, 1.82) is 0 Å². The Bertz CT molecular complexity index is 786. The Morgan fingerprint density at radius 3 is 2.37 bits per heavy atom. The lowest BCUT2D eigenvalue weighted by Crippen LogP contribution is -2.21. The Balaban J connectivity index is 1.50. The van der Waals surface area contributed by atoms with Gasteiger partial charge in [0.25, 0.3) is 0 Å². The Kier molecular flexibility index (Phi) is 8.85. The molecule has 30 heavy (non-hydrogen) atoms. The van der Waals surface area contributed by atoms with E-state index >= 15 is 0 Å². The first kappa shape index (κ1) is 22.9. The Hall–Kier alpha value is -1.75. The van der Waals surface area contributed by atoms with Crippen molar-refractivity contribution in [2.45, 2.75) is 63.6 Å². The predicted octanol–water partition coefficient (Wildman–Crippen LogP) is 7.35. The molecule has 0 N–H and O–H groups in total. The molecule has 1 heterocycles. The fourth-order valence-corrected chi connectivity index (χ4v) is 8.20. The number of hydrogen-bond acceptors (Lipinski definition) is 1. The minimum atomic E-state index is -0.928. The van der Waals surface area contributed by atoms with Crippen molar-refractivity contribution in [1.82, 2.24) is 0 Å². The molecule has 1 fully saturated rings. The summed E-state index contributed by atoms with van der Waals surface area (Å²) in [5, 5.41) is 0. The van der Waals surface area contributed by atoms with E-state index in [1.165, 1.54) is 49.0 Å². The number of benzene rings is 2. The second-order valence-corrected chi connectivity index (χ2v) is 11.9. The Morgan fingerprint density at radius 1 is 0.967 bits per heavy atom. The quantitative estimate of drug-likeness (QED) is 0.281. The lowest BCUT2D eigenvalue weighted by Gasteiger charge is -2.27. The summed E-state index contributed by atoms with van der Waals surface area (Å²) < 4.78 is 45.9. The third-order valence-electron chi connectivity index (χ3n) is 6.42. The van der Waals surface area contributed by atoms with Gasteiger partial charge in [0, 0.05) is 14.4 Å². The van der Waals surface area contributed by atoms with Crippen LogP contribution >= 0.6 is 0 Å². The third kappa shape index (κ3) is 6.13. The standard InChI is InChI=1S/C25H33F3OSi/c1-2-29-23-12-11-22(24(27)25(23)28)21-9-7-19(8-10-21)5-6-20-13-17-30(18-14-20)16-4-3-15-26/h7-12,20,30H,2-6,13-18H2,1H3. The molecule has 164 valence electrons. The summed E-state index contributed by atoms with van der Waals surface area (Å²) in [6.07, 6.45) is 6.72. The van der Waals surface area contributed by atoms with Crippen molar-refractivity contribution in [3.63, 3.8) is 0 Å². The fourth-order valence-electron chi connectivity index (χ4n) is 4.58. The van der Waals surface area contributed by atoms with E-state index in [0.29, 0.717) is 12.2 Å². The molecular formula is C25H33F3OSi. The second-order valence-electron chi connectivity index (χ2n) is 8.48. The van der Waals surface area contributed by atoms with Gasteiger partial charge in [-0.3, -0.25) is 4.39 Å². The summed E-state index contributed by atoms with van der Waals surface area (Å²) in [7, 11) is -0.596. The van der Waals surface area contributed by atoms with Crippen molar-refractivity contribution in [2.75, 3.05) is 13.3 Å². The molecule has 1 nitrogen and oxygen atoms in total. The highest BCUT2D eigenvalue weighted by Crippen LogP contribution is 2.32. The van der Waals surface area contributed by atoms with Crippen LogP contribution in [0.5, 0.6) is 5.75 Å². The molecule has 0 saturated carbocycles. The van der Waals surface area contributed by atoms with Gasteiger partial charge in [-0.1, -0.05) is 61.7 Å². The molecule has 1 aliphatic rings. The number of alkyl halides is 1. The van der Waals surface area contributed by atoms with Crippen LogP contribution in [-0.4, -0.2) is 22.1 Å². The Labute approximate surface area is 180 Å². The van der Waals surface area contributed by atoms with Gasteiger partial charge < -0.3 is 4.74 Å². The highest BCUT2D eigenvalue weighted by atomic mass is 28.3. The van der Waals surface area contributed by atoms with Gasteiger partial charge in [-0.2, -0.15) is 4.39 Å². The van der Waals surface area contributed by atoms with E-state index in [1.54, 1.807) is 13.0 Å². The van der Waals surface area contributed by atoms with Crippen LogP contribution in [0.25, 0.3) is 11.1 Å². The van der Waals surface area contributed by atoms with Gasteiger partial charge in [0.2, 0.25) is 5.82 Å². The summed E-state index contributed by atoms with van der Waals surface area (Å²) in [6.45, 7) is 1.88. The maximum Gasteiger partial charge on any atom is 0.201 e. The first-order chi connectivity index (χ1) is 14.6. The second kappa shape index (κ2) is 11.6. The average Bonchev–Trinajstić information content (AvgIpc) is 2.77. The maximum absolute atomic E-state index is 14.4. The van der Waals surface area contributed by atoms with Crippen LogP contribution in [0.3, 0.4) is 0 Å². The van der Waals surface area contributed by atoms with Crippen molar-refractivity contribution in [3.8, 4) is 16.9 Å². The van der Waals surface area contributed by atoms with Gasteiger partial charge >= 0.3 is 0 Å². The van der Waals surface area contributed by atoms with Gasteiger partial charge in [-0.15, -0.1) is 0 Å². The molecule has 2 aromatic carbocycles. The van der Waals surface area contributed by atoms with Crippen LogP contribution < -0.4 is 4.74 Å².